The maximum absolute atomic E-state index is 6.09. The second kappa shape index (κ2) is 4.13. The van der Waals surface area contributed by atoms with Gasteiger partial charge in [-0.15, -0.1) is 0 Å². The van der Waals surface area contributed by atoms with E-state index in [0.29, 0.717) is 22.1 Å². The fraction of sp³-hybridized carbons (Fsp3) is 0. The molecule has 0 atom stereocenters. The molecule has 0 N–H and O–H groups in total. The van der Waals surface area contributed by atoms with Crippen LogP contribution < -0.4 is 0 Å². The fourth-order valence-corrected chi connectivity index (χ4v) is 2.07. The van der Waals surface area contributed by atoms with Gasteiger partial charge in [0, 0.05) is 16.7 Å². The normalized spacial score (nSPS) is 10.9. The molecule has 0 amide bonds. The van der Waals surface area contributed by atoms with Crippen LogP contribution in [0.25, 0.3) is 22.7 Å². The molecule has 0 bridgehead atoms. The molecule has 2 heterocycles. The second-order valence-electron chi connectivity index (χ2n) is 3.47. The number of halogens is 2. The van der Waals surface area contributed by atoms with Gasteiger partial charge in [-0.2, -0.15) is 4.98 Å². The van der Waals surface area contributed by atoms with E-state index >= 15 is 0 Å². The number of nitrogens with zero attached hydrogens (tertiary/aromatic N) is 2. The maximum atomic E-state index is 6.09. The number of aromatic nitrogens is 2. The van der Waals surface area contributed by atoms with Crippen LogP contribution in [0.5, 0.6) is 0 Å². The molecule has 3 rings (SSSR count). The first-order chi connectivity index (χ1) is 8.24. The third-order valence-electron chi connectivity index (χ3n) is 2.32. The van der Waals surface area contributed by atoms with E-state index < -0.39 is 0 Å². The molecule has 0 radical (unpaired) electrons. The number of hydrogen-bond acceptors (Lipinski definition) is 3. The first kappa shape index (κ1) is 10.7. The minimum Gasteiger partial charge on any atom is -0.434 e. The minimum atomic E-state index is 0.483. The van der Waals surface area contributed by atoms with Crippen LogP contribution in [0, 0.1) is 0 Å². The van der Waals surface area contributed by atoms with Gasteiger partial charge in [0.25, 0.3) is 0 Å². The lowest BCUT2D eigenvalue weighted by atomic mass is 10.2. The molecule has 0 saturated carbocycles. The van der Waals surface area contributed by atoms with Crippen LogP contribution in [-0.2, 0) is 0 Å². The van der Waals surface area contributed by atoms with Gasteiger partial charge in [0.2, 0.25) is 5.89 Å². The summed E-state index contributed by atoms with van der Waals surface area (Å²) < 4.78 is 6.48. The predicted octanol–water partition coefficient (Wildman–Crippen LogP) is 4.31. The summed E-state index contributed by atoms with van der Waals surface area (Å²) in [4.78, 5) is 8.46. The van der Waals surface area contributed by atoms with E-state index in [9.17, 15) is 0 Å². The Hall–Kier alpha value is -1.39. The van der Waals surface area contributed by atoms with Crippen molar-refractivity contribution in [3.8, 4) is 11.5 Å². The number of fused-ring (bicyclic) bond motifs is 1. The van der Waals surface area contributed by atoms with Gasteiger partial charge in [-0.3, -0.25) is 0 Å². The van der Waals surface area contributed by atoms with Gasteiger partial charge in [0.05, 0.1) is 10.6 Å². The Morgan fingerprint density at radius 1 is 1.24 bits per heavy atom. The van der Waals surface area contributed by atoms with E-state index in [1.165, 1.54) is 0 Å². The van der Waals surface area contributed by atoms with Gasteiger partial charge in [-0.05, 0) is 28.1 Å². The summed E-state index contributed by atoms with van der Waals surface area (Å²) in [6, 6.07) is 9.25. The summed E-state index contributed by atoms with van der Waals surface area (Å²) in [5.41, 5.74) is 1.97. The summed E-state index contributed by atoms with van der Waals surface area (Å²) in [5.74, 6) is 0.483. The van der Waals surface area contributed by atoms with Crippen LogP contribution in [-0.4, -0.2) is 9.97 Å². The van der Waals surface area contributed by atoms with Crippen LogP contribution in [0.15, 0.2) is 45.4 Å². The number of pyridine rings is 1. The van der Waals surface area contributed by atoms with Crippen molar-refractivity contribution in [1.29, 1.82) is 0 Å². The monoisotopic (exact) mass is 308 g/mol. The van der Waals surface area contributed by atoms with Crippen LogP contribution in [0.1, 0.15) is 0 Å². The highest BCUT2D eigenvalue weighted by Gasteiger charge is 2.11. The van der Waals surface area contributed by atoms with Crippen LogP contribution >= 0.6 is 27.5 Å². The van der Waals surface area contributed by atoms with Gasteiger partial charge in [-0.1, -0.05) is 23.7 Å². The molecule has 84 valence electrons. The Morgan fingerprint density at radius 2 is 2.06 bits per heavy atom. The summed E-state index contributed by atoms with van der Waals surface area (Å²) in [6.45, 7) is 0. The van der Waals surface area contributed by atoms with Gasteiger partial charge in [-0.25, -0.2) is 4.98 Å². The lowest BCUT2D eigenvalue weighted by Crippen LogP contribution is -1.79. The molecule has 2 aromatic heterocycles. The Kier molecular flexibility index (Phi) is 2.61. The van der Waals surface area contributed by atoms with E-state index in [2.05, 4.69) is 25.9 Å². The van der Waals surface area contributed by atoms with Crippen molar-refractivity contribution in [1.82, 2.24) is 9.97 Å². The third-order valence-corrected chi connectivity index (χ3v) is 3.08. The highest BCUT2D eigenvalue weighted by molar-refractivity contribution is 9.10. The zero-order chi connectivity index (χ0) is 11.8. The fourth-order valence-electron chi connectivity index (χ4n) is 1.55. The molecule has 0 aliphatic carbocycles. The zero-order valence-corrected chi connectivity index (χ0v) is 10.9. The quantitative estimate of drug-likeness (QED) is 0.672. The standard InChI is InChI=1S/C12H6BrClN2O/c13-7-5-10-11(15-6-7)16-12(17-10)8-3-1-2-4-9(8)14/h1-6H. The molecular formula is C12H6BrClN2O. The van der Waals surface area contributed by atoms with Gasteiger partial charge in [0.1, 0.15) is 0 Å². The second-order valence-corrected chi connectivity index (χ2v) is 4.80. The molecule has 0 aliphatic heterocycles. The van der Waals surface area contributed by atoms with Gasteiger partial charge >= 0.3 is 0 Å². The van der Waals surface area contributed by atoms with E-state index in [-0.39, 0.29) is 0 Å². The molecule has 0 unspecified atom stereocenters. The smallest absolute Gasteiger partial charge is 0.230 e. The lowest BCUT2D eigenvalue weighted by molar-refractivity contribution is 0.619. The van der Waals surface area contributed by atoms with Crippen LogP contribution in [0.4, 0.5) is 0 Å². The first-order valence-electron chi connectivity index (χ1n) is 4.91. The van der Waals surface area contributed by atoms with Crippen molar-refractivity contribution >= 4 is 38.8 Å². The van der Waals surface area contributed by atoms with Crippen molar-refractivity contribution in [2.24, 2.45) is 0 Å². The SMILES string of the molecule is Clc1ccccc1-c1nc2ncc(Br)cc2o1. The summed E-state index contributed by atoms with van der Waals surface area (Å²) in [7, 11) is 0. The molecule has 0 fully saturated rings. The predicted molar refractivity (Wildman–Crippen MR) is 70.0 cm³/mol. The van der Waals surface area contributed by atoms with Gasteiger partial charge < -0.3 is 4.42 Å². The summed E-state index contributed by atoms with van der Waals surface area (Å²) in [5, 5.41) is 0.609. The molecule has 3 nitrogen and oxygen atoms in total. The Morgan fingerprint density at radius 3 is 2.88 bits per heavy atom. The Labute approximate surface area is 111 Å². The molecular weight excluding hydrogens is 304 g/mol. The third kappa shape index (κ3) is 1.94. The van der Waals surface area contributed by atoms with Crippen molar-refractivity contribution in [2.75, 3.05) is 0 Å². The highest BCUT2D eigenvalue weighted by atomic mass is 79.9. The zero-order valence-electron chi connectivity index (χ0n) is 8.52. The van der Waals surface area contributed by atoms with Crippen molar-refractivity contribution in [2.45, 2.75) is 0 Å². The number of oxazole rings is 1. The molecule has 0 saturated heterocycles. The topological polar surface area (TPSA) is 38.9 Å². The average molecular weight is 310 g/mol. The molecule has 17 heavy (non-hydrogen) atoms. The largest absolute Gasteiger partial charge is 0.434 e. The van der Waals surface area contributed by atoms with Crippen molar-refractivity contribution < 1.29 is 4.42 Å². The van der Waals surface area contributed by atoms with Gasteiger partial charge in [0.15, 0.2) is 11.2 Å². The number of rotatable bonds is 1. The van der Waals surface area contributed by atoms with E-state index in [1.54, 1.807) is 12.3 Å². The molecule has 0 aliphatic rings. The van der Waals surface area contributed by atoms with Crippen molar-refractivity contribution in [3.05, 3.63) is 46.0 Å². The lowest BCUT2D eigenvalue weighted by Gasteiger charge is -1.96. The molecule has 0 spiro atoms. The van der Waals surface area contributed by atoms with E-state index in [4.69, 9.17) is 16.0 Å². The Balaban J connectivity index is 2.22. The number of benzene rings is 1. The van der Waals surface area contributed by atoms with Crippen LogP contribution in [0.3, 0.4) is 0 Å². The van der Waals surface area contributed by atoms with Crippen molar-refractivity contribution in [3.63, 3.8) is 0 Å². The van der Waals surface area contributed by atoms with E-state index in [0.717, 1.165) is 10.0 Å². The Bertz CT molecular complexity index is 696. The first-order valence-corrected chi connectivity index (χ1v) is 6.08. The maximum Gasteiger partial charge on any atom is 0.230 e. The number of hydrogen-bond donors (Lipinski definition) is 0. The summed E-state index contributed by atoms with van der Waals surface area (Å²) >= 11 is 9.42. The molecule has 5 heteroatoms. The minimum absolute atomic E-state index is 0.483. The highest BCUT2D eigenvalue weighted by Crippen LogP contribution is 2.29. The average Bonchev–Trinajstić information content (AvgIpc) is 2.72. The molecule has 3 aromatic rings. The summed E-state index contributed by atoms with van der Waals surface area (Å²) in [6.07, 6.45) is 1.68. The van der Waals surface area contributed by atoms with E-state index in [1.807, 2.05) is 24.3 Å². The van der Waals surface area contributed by atoms with Crippen LogP contribution in [0.2, 0.25) is 5.02 Å². The molecule has 1 aromatic carbocycles.